The molecule has 0 aliphatic heterocycles. The van der Waals surface area contributed by atoms with Crippen molar-refractivity contribution >= 4 is 0 Å². The van der Waals surface area contributed by atoms with Crippen molar-refractivity contribution in [1.82, 2.24) is 0 Å². The van der Waals surface area contributed by atoms with Gasteiger partial charge in [0.1, 0.15) is 12.4 Å². The monoisotopic (exact) mass is 349 g/mol. The largest absolute Gasteiger partial charge is 0.488 e. The zero-order chi connectivity index (χ0) is 18.5. The molecule has 1 radical (unpaired) electrons. The van der Waals surface area contributed by atoms with Crippen LogP contribution in [-0.2, 0) is 6.61 Å². The minimum atomic E-state index is 0.532. The summed E-state index contributed by atoms with van der Waals surface area (Å²) < 4.78 is 6.42. The Hall–Kier alpha value is -3.32. The Bertz CT molecular complexity index is 1010. The first-order valence-corrected chi connectivity index (χ1v) is 9.16. The van der Waals surface area contributed by atoms with Gasteiger partial charge in [-0.2, -0.15) is 0 Å². The van der Waals surface area contributed by atoms with Gasteiger partial charge in [-0.05, 0) is 41.3 Å². The minimum Gasteiger partial charge on any atom is -0.488 e. The van der Waals surface area contributed by atoms with Gasteiger partial charge in [0.2, 0.25) is 0 Å². The van der Waals surface area contributed by atoms with Crippen molar-refractivity contribution in [2.45, 2.75) is 13.5 Å². The van der Waals surface area contributed by atoms with Crippen molar-refractivity contribution < 1.29 is 4.74 Å². The summed E-state index contributed by atoms with van der Waals surface area (Å²) in [5.41, 5.74) is 6.69. The third kappa shape index (κ3) is 3.78. The Morgan fingerprint density at radius 2 is 1.26 bits per heavy atom. The maximum atomic E-state index is 6.42. The van der Waals surface area contributed by atoms with E-state index in [0.29, 0.717) is 6.61 Å². The second-order valence-electron chi connectivity index (χ2n) is 6.54. The fraction of sp³-hybridized carbons (Fsp3) is 0.0769. The maximum absolute atomic E-state index is 6.42. The van der Waals surface area contributed by atoms with E-state index in [1.54, 1.807) is 0 Å². The van der Waals surface area contributed by atoms with Gasteiger partial charge in [0.05, 0.1) is 0 Å². The number of hydrogen-bond acceptors (Lipinski definition) is 1. The van der Waals surface area contributed by atoms with E-state index in [1.165, 1.54) is 0 Å². The summed E-state index contributed by atoms with van der Waals surface area (Å²) in [7, 11) is 0. The molecule has 1 heteroatoms. The van der Waals surface area contributed by atoms with Gasteiger partial charge >= 0.3 is 0 Å². The molecule has 0 fully saturated rings. The second-order valence-corrected chi connectivity index (χ2v) is 6.54. The van der Waals surface area contributed by atoms with Crippen molar-refractivity contribution in [2.75, 3.05) is 0 Å². The van der Waals surface area contributed by atoms with Crippen LogP contribution in [0.1, 0.15) is 11.1 Å². The van der Waals surface area contributed by atoms with Crippen molar-refractivity contribution in [1.29, 1.82) is 0 Å². The van der Waals surface area contributed by atoms with Crippen molar-refractivity contribution in [3.63, 3.8) is 0 Å². The van der Waals surface area contributed by atoms with Crippen LogP contribution in [0.15, 0.2) is 97.1 Å². The Labute approximate surface area is 160 Å². The zero-order valence-corrected chi connectivity index (χ0v) is 15.4. The second kappa shape index (κ2) is 7.92. The highest BCUT2D eigenvalue weighted by atomic mass is 16.5. The molecule has 1 nitrogen and oxygen atoms in total. The number of ether oxygens (including phenoxy) is 1. The predicted octanol–water partition coefficient (Wildman–Crippen LogP) is 6.71. The molecule has 4 aromatic carbocycles. The van der Waals surface area contributed by atoms with Crippen LogP contribution >= 0.6 is 0 Å². The van der Waals surface area contributed by atoms with E-state index < -0.39 is 0 Å². The molecule has 0 heterocycles. The van der Waals surface area contributed by atoms with E-state index in [9.17, 15) is 0 Å². The van der Waals surface area contributed by atoms with Gasteiger partial charge in [0.25, 0.3) is 0 Å². The van der Waals surface area contributed by atoms with Gasteiger partial charge in [-0.25, -0.2) is 0 Å². The van der Waals surface area contributed by atoms with E-state index >= 15 is 0 Å². The van der Waals surface area contributed by atoms with Crippen LogP contribution in [0.2, 0.25) is 0 Å². The molecule has 0 saturated heterocycles. The summed E-state index contributed by atoms with van der Waals surface area (Å²) in [5.74, 6) is 0.910. The molecule has 27 heavy (non-hydrogen) atoms. The molecule has 131 valence electrons. The summed E-state index contributed by atoms with van der Waals surface area (Å²) in [6.07, 6.45) is 0. The van der Waals surface area contributed by atoms with E-state index in [4.69, 9.17) is 4.74 Å². The van der Waals surface area contributed by atoms with E-state index in [-0.39, 0.29) is 0 Å². The third-order valence-corrected chi connectivity index (χ3v) is 4.65. The zero-order valence-electron chi connectivity index (χ0n) is 15.4. The fourth-order valence-electron chi connectivity index (χ4n) is 3.29. The van der Waals surface area contributed by atoms with Crippen LogP contribution in [0.3, 0.4) is 0 Å². The number of rotatable bonds is 5. The van der Waals surface area contributed by atoms with Crippen LogP contribution in [0.4, 0.5) is 0 Å². The third-order valence-electron chi connectivity index (χ3n) is 4.65. The molecule has 0 bridgehead atoms. The molecular weight excluding hydrogens is 328 g/mol. The smallest absolute Gasteiger partial charge is 0.135 e. The van der Waals surface area contributed by atoms with Gasteiger partial charge in [-0.3, -0.25) is 0 Å². The average Bonchev–Trinajstić information content (AvgIpc) is 2.74. The van der Waals surface area contributed by atoms with Crippen LogP contribution in [0.5, 0.6) is 5.75 Å². The molecule has 0 atom stereocenters. The molecule has 0 unspecified atom stereocenters. The minimum absolute atomic E-state index is 0.532. The van der Waals surface area contributed by atoms with E-state index in [2.05, 4.69) is 73.7 Å². The molecular formula is C26H21O. The highest BCUT2D eigenvalue weighted by Crippen LogP contribution is 2.41. The standard InChI is InChI=1S/C26H21O/c1-20-17-18-24(22-13-7-3-8-14-22)26(25(20)23-15-9-4-10-16-23)27-19-21-11-5-2-6-12-21/h2-16,18H,19H2,1H3. The molecule has 0 saturated carbocycles. The highest BCUT2D eigenvalue weighted by molar-refractivity contribution is 5.84. The summed E-state index contributed by atoms with van der Waals surface area (Å²) in [4.78, 5) is 0. The molecule has 4 aromatic rings. The molecule has 0 aliphatic carbocycles. The average molecular weight is 349 g/mol. The highest BCUT2D eigenvalue weighted by Gasteiger charge is 2.16. The summed E-state index contributed by atoms with van der Waals surface area (Å²) in [6.45, 7) is 2.62. The molecule has 0 amide bonds. The van der Waals surface area contributed by atoms with Gasteiger partial charge in [-0.15, -0.1) is 0 Å². The Balaban J connectivity index is 1.84. The van der Waals surface area contributed by atoms with Crippen molar-refractivity contribution in [3.8, 4) is 28.0 Å². The lowest BCUT2D eigenvalue weighted by Gasteiger charge is -2.19. The molecule has 0 spiro atoms. The van der Waals surface area contributed by atoms with Gasteiger partial charge in [-0.1, -0.05) is 91.0 Å². The lowest BCUT2D eigenvalue weighted by atomic mass is 9.93. The lowest BCUT2D eigenvalue weighted by molar-refractivity contribution is 0.308. The predicted molar refractivity (Wildman–Crippen MR) is 112 cm³/mol. The van der Waals surface area contributed by atoms with E-state index in [1.807, 2.05) is 36.4 Å². The Kier molecular flexibility index (Phi) is 5.02. The Morgan fingerprint density at radius 1 is 0.704 bits per heavy atom. The lowest BCUT2D eigenvalue weighted by Crippen LogP contribution is -2.00. The van der Waals surface area contributed by atoms with Crippen LogP contribution < -0.4 is 4.74 Å². The summed E-state index contributed by atoms with van der Waals surface area (Å²) in [5, 5.41) is 0. The molecule has 0 aliphatic rings. The van der Waals surface area contributed by atoms with Crippen LogP contribution in [0.25, 0.3) is 22.3 Å². The van der Waals surface area contributed by atoms with Crippen molar-refractivity contribution in [2.24, 2.45) is 0 Å². The maximum Gasteiger partial charge on any atom is 0.135 e. The number of aryl methyl sites for hydroxylation is 1. The van der Waals surface area contributed by atoms with Gasteiger partial charge in [0, 0.05) is 11.1 Å². The normalized spacial score (nSPS) is 10.6. The molecule has 4 rings (SSSR count). The first-order valence-electron chi connectivity index (χ1n) is 9.16. The quantitative estimate of drug-likeness (QED) is 0.389. The summed E-state index contributed by atoms with van der Waals surface area (Å²) >= 11 is 0. The van der Waals surface area contributed by atoms with Crippen LogP contribution in [-0.4, -0.2) is 0 Å². The van der Waals surface area contributed by atoms with Gasteiger partial charge in [0.15, 0.2) is 0 Å². The number of hydrogen-bond donors (Lipinski definition) is 0. The number of benzene rings is 4. The fourth-order valence-corrected chi connectivity index (χ4v) is 3.29. The SMILES string of the molecule is Cc1[c]cc(-c2ccccc2)c(OCc2ccccc2)c1-c1ccccc1. The first kappa shape index (κ1) is 17.1. The van der Waals surface area contributed by atoms with Crippen LogP contribution in [0, 0.1) is 13.0 Å². The van der Waals surface area contributed by atoms with Crippen molar-refractivity contribution in [3.05, 3.63) is 114 Å². The topological polar surface area (TPSA) is 9.23 Å². The molecule has 0 aromatic heterocycles. The summed E-state index contributed by atoms with van der Waals surface area (Å²) in [6, 6.07) is 36.5. The molecule has 0 N–H and O–H groups in total. The van der Waals surface area contributed by atoms with Gasteiger partial charge < -0.3 is 4.74 Å². The first-order chi connectivity index (χ1) is 13.3. The van der Waals surface area contributed by atoms with E-state index in [0.717, 1.165) is 39.1 Å². The Morgan fingerprint density at radius 3 is 1.89 bits per heavy atom.